The Balaban J connectivity index is 1.18. The maximum atomic E-state index is 13.6. The number of hydroxylamine groups is 1. The van der Waals surface area contributed by atoms with Gasteiger partial charge in [-0.1, -0.05) is 6.42 Å². The quantitative estimate of drug-likeness (QED) is 0.553. The van der Waals surface area contributed by atoms with Crippen molar-refractivity contribution in [3.05, 3.63) is 0 Å². The van der Waals surface area contributed by atoms with Crippen LogP contribution < -0.4 is 21.5 Å². The third-order valence-corrected chi connectivity index (χ3v) is 6.55. The Morgan fingerprint density at radius 1 is 1.19 bits per heavy atom. The third kappa shape index (κ3) is 5.17. The summed E-state index contributed by atoms with van der Waals surface area (Å²) in [5.74, 6) is 0.935. The molecule has 0 aromatic rings. The van der Waals surface area contributed by atoms with Crippen molar-refractivity contribution in [1.82, 2.24) is 26.5 Å². The average Bonchev–Trinajstić information content (AvgIpc) is 3.32. The molecular weight excluding hydrogens is 349 g/mol. The van der Waals surface area contributed by atoms with E-state index in [1.807, 2.05) is 0 Å². The van der Waals surface area contributed by atoms with Gasteiger partial charge in [0.1, 0.15) is 12.2 Å². The number of carbonyl (C=O) groups is 1. The molecule has 0 radical (unpaired) electrons. The Hall–Kier alpha value is -0.800. The highest BCUT2D eigenvalue weighted by molar-refractivity contribution is 5.82. The van der Waals surface area contributed by atoms with Crippen molar-refractivity contribution in [2.75, 3.05) is 32.7 Å². The first-order valence-corrected chi connectivity index (χ1v) is 10.7. The van der Waals surface area contributed by atoms with Gasteiger partial charge in [0.25, 0.3) is 0 Å². The first-order chi connectivity index (χ1) is 13.2. The molecule has 0 aromatic heterocycles. The zero-order valence-corrected chi connectivity index (χ0v) is 16.1. The number of nitrogens with zero attached hydrogens (tertiary/aromatic N) is 1. The highest BCUT2D eigenvalue weighted by Gasteiger charge is 2.37. The van der Waals surface area contributed by atoms with Gasteiger partial charge in [0, 0.05) is 32.6 Å². The molecule has 3 heterocycles. The summed E-state index contributed by atoms with van der Waals surface area (Å²) in [6, 6.07) is -0.170. The summed E-state index contributed by atoms with van der Waals surface area (Å²) in [5, 5.41) is 8.71. The topological polar surface area (TPSA) is 77.7 Å². The number of halogens is 1. The number of alkyl halides is 1. The Labute approximate surface area is 161 Å². The summed E-state index contributed by atoms with van der Waals surface area (Å²) in [7, 11) is 0. The maximum absolute atomic E-state index is 13.6. The van der Waals surface area contributed by atoms with Crippen LogP contribution in [0.1, 0.15) is 44.9 Å². The molecule has 7 nitrogen and oxygen atoms in total. The normalized spacial score (nSPS) is 40.9. The molecule has 4 N–H and O–H groups in total. The van der Waals surface area contributed by atoms with Crippen LogP contribution in [0.25, 0.3) is 0 Å². The van der Waals surface area contributed by atoms with Gasteiger partial charge >= 0.3 is 0 Å². The molecule has 3 aliphatic heterocycles. The van der Waals surface area contributed by atoms with Crippen LogP contribution in [0.4, 0.5) is 4.39 Å². The lowest BCUT2D eigenvalue weighted by Crippen LogP contribution is -2.47. The number of amides is 1. The second-order valence-corrected chi connectivity index (χ2v) is 8.77. The smallest absolute Gasteiger partial charge is 0.239 e. The predicted octanol–water partition coefficient (Wildman–Crippen LogP) is 0.481. The monoisotopic (exact) mass is 383 g/mol. The zero-order chi connectivity index (χ0) is 18.6. The van der Waals surface area contributed by atoms with Gasteiger partial charge in [0.15, 0.2) is 0 Å². The minimum absolute atomic E-state index is 0.0245. The molecule has 4 rings (SSSR count). The molecule has 0 bridgehead atoms. The first-order valence-electron chi connectivity index (χ1n) is 10.7. The Bertz CT molecular complexity index is 504. The van der Waals surface area contributed by atoms with Crippen molar-refractivity contribution in [2.24, 2.45) is 11.8 Å². The van der Waals surface area contributed by atoms with Crippen LogP contribution in [0, 0.1) is 11.8 Å². The van der Waals surface area contributed by atoms with E-state index in [0.29, 0.717) is 18.3 Å². The molecule has 6 unspecified atom stereocenters. The molecule has 0 aromatic carbocycles. The van der Waals surface area contributed by atoms with Gasteiger partial charge in [0.2, 0.25) is 5.91 Å². The van der Waals surface area contributed by atoms with E-state index in [1.54, 1.807) is 0 Å². The van der Waals surface area contributed by atoms with Crippen molar-refractivity contribution in [3.8, 4) is 0 Å². The standard InChI is InChI=1S/C19H34FN5O2/c20-15-5-1-3-13(7-15)11-25-12-16(10-22-25)23-19(26)17-8-18(27-24-17)14-4-2-6-21-9-14/h13-18,21-22,24H,1-12H2,(H,23,26). The molecule has 3 saturated heterocycles. The fourth-order valence-electron chi connectivity index (χ4n) is 5.02. The Morgan fingerprint density at radius 2 is 2.11 bits per heavy atom. The van der Waals surface area contributed by atoms with Gasteiger partial charge in [-0.05, 0) is 50.5 Å². The predicted molar refractivity (Wildman–Crippen MR) is 100 cm³/mol. The molecule has 1 aliphatic carbocycles. The summed E-state index contributed by atoms with van der Waals surface area (Å²) in [4.78, 5) is 18.3. The lowest BCUT2D eigenvalue weighted by molar-refractivity contribution is -0.125. The van der Waals surface area contributed by atoms with Crippen molar-refractivity contribution in [2.45, 2.75) is 69.3 Å². The minimum Gasteiger partial charge on any atom is -0.349 e. The first kappa shape index (κ1) is 19.5. The summed E-state index contributed by atoms with van der Waals surface area (Å²) in [6.45, 7) is 4.44. The third-order valence-electron chi connectivity index (χ3n) is 6.55. The number of rotatable bonds is 5. The molecule has 4 aliphatic rings. The van der Waals surface area contributed by atoms with Crippen molar-refractivity contribution in [3.63, 3.8) is 0 Å². The van der Waals surface area contributed by atoms with E-state index in [2.05, 4.69) is 26.5 Å². The summed E-state index contributed by atoms with van der Waals surface area (Å²) >= 11 is 0. The Kier molecular flexibility index (Phi) is 6.60. The highest BCUT2D eigenvalue weighted by Crippen LogP contribution is 2.27. The number of hydrogen-bond acceptors (Lipinski definition) is 6. The average molecular weight is 384 g/mol. The van der Waals surface area contributed by atoms with E-state index in [9.17, 15) is 9.18 Å². The van der Waals surface area contributed by atoms with Crippen LogP contribution in [-0.2, 0) is 9.63 Å². The second-order valence-electron chi connectivity index (χ2n) is 8.77. The van der Waals surface area contributed by atoms with Gasteiger partial charge in [-0.15, -0.1) is 0 Å². The number of hydrogen-bond donors (Lipinski definition) is 4. The molecule has 154 valence electrons. The zero-order valence-electron chi connectivity index (χ0n) is 16.1. The van der Waals surface area contributed by atoms with Gasteiger partial charge in [-0.2, -0.15) is 5.48 Å². The summed E-state index contributed by atoms with van der Waals surface area (Å²) in [6.07, 6.45) is 6.05. The van der Waals surface area contributed by atoms with Crippen LogP contribution in [0.2, 0.25) is 0 Å². The summed E-state index contributed by atoms with van der Waals surface area (Å²) < 4.78 is 13.6. The van der Waals surface area contributed by atoms with Crippen LogP contribution in [0.3, 0.4) is 0 Å². The minimum atomic E-state index is -0.636. The van der Waals surface area contributed by atoms with Crippen LogP contribution in [-0.4, -0.2) is 68.0 Å². The van der Waals surface area contributed by atoms with E-state index < -0.39 is 6.17 Å². The second kappa shape index (κ2) is 9.13. The van der Waals surface area contributed by atoms with Crippen molar-refractivity contribution in [1.29, 1.82) is 0 Å². The van der Waals surface area contributed by atoms with Crippen molar-refractivity contribution < 1.29 is 14.0 Å². The van der Waals surface area contributed by atoms with Gasteiger partial charge in [-0.25, -0.2) is 9.40 Å². The van der Waals surface area contributed by atoms with Gasteiger partial charge < -0.3 is 10.6 Å². The number of hydrazine groups is 1. The van der Waals surface area contributed by atoms with E-state index in [1.165, 1.54) is 6.42 Å². The number of carbonyl (C=O) groups excluding carboxylic acids is 1. The van der Waals surface area contributed by atoms with Gasteiger partial charge in [0.05, 0.1) is 12.1 Å². The number of nitrogens with one attached hydrogen (secondary N) is 4. The molecule has 1 amide bonds. The van der Waals surface area contributed by atoms with Crippen LogP contribution in [0.5, 0.6) is 0 Å². The molecule has 6 atom stereocenters. The van der Waals surface area contributed by atoms with E-state index in [-0.39, 0.29) is 24.1 Å². The van der Waals surface area contributed by atoms with E-state index in [0.717, 1.165) is 64.8 Å². The lowest BCUT2D eigenvalue weighted by Gasteiger charge is -2.28. The largest absolute Gasteiger partial charge is 0.349 e. The van der Waals surface area contributed by atoms with E-state index in [4.69, 9.17) is 4.84 Å². The van der Waals surface area contributed by atoms with Crippen LogP contribution in [0.15, 0.2) is 0 Å². The van der Waals surface area contributed by atoms with Crippen LogP contribution >= 0.6 is 0 Å². The molecule has 8 heteroatoms. The van der Waals surface area contributed by atoms with E-state index >= 15 is 0 Å². The van der Waals surface area contributed by atoms with Crippen molar-refractivity contribution >= 4 is 5.91 Å². The molecule has 1 saturated carbocycles. The lowest BCUT2D eigenvalue weighted by atomic mass is 9.88. The fraction of sp³-hybridized carbons (Fsp3) is 0.947. The molecule has 0 spiro atoms. The summed E-state index contributed by atoms with van der Waals surface area (Å²) in [5.41, 5.74) is 6.31. The molecule has 27 heavy (non-hydrogen) atoms. The fourth-order valence-corrected chi connectivity index (χ4v) is 5.02. The SMILES string of the molecule is O=C(NC1CNN(CC2CCCC(F)C2)C1)C1CC(C2CCCNC2)ON1. The number of piperidine rings is 1. The Morgan fingerprint density at radius 3 is 2.93 bits per heavy atom. The molecular formula is C19H34FN5O2. The maximum Gasteiger partial charge on any atom is 0.239 e. The van der Waals surface area contributed by atoms with Gasteiger partial charge in [-0.3, -0.25) is 15.1 Å². The molecule has 4 fully saturated rings. The highest BCUT2D eigenvalue weighted by atomic mass is 19.1.